The molecular weight excluding hydrogens is 727 g/mol. The third-order valence-corrected chi connectivity index (χ3v) is 9.78. The van der Waals surface area contributed by atoms with Crippen LogP contribution < -0.4 is 11.1 Å². The summed E-state index contributed by atoms with van der Waals surface area (Å²) in [4.78, 5) is 0. The van der Waals surface area contributed by atoms with Crippen molar-refractivity contribution in [1.82, 2.24) is 0 Å². The Morgan fingerprint density at radius 3 is 1.40 bits per heavy atom. The molecule has 3 nitrogen and oxygen atoms in total. The van der Waals surface area contributed by atoms with Crippen molar-refractivity contribution in [2.75, 3.05) is 18.1 Å². The Bertz CT molecular complexity index is 2520. The fourth-order valence-electron chi connectivity index (χ4n) is 6.44. The van der Waals surface area contributed by atoms with Crippen LogP contribution >= 0.6 is 0 Å². The second-order valence-corrected chi connectivity index (χ2v) is 14.3. The number of allylic oxidation sites excluding steroid dienone is 2. The van der Waals surface area contributed by atoms with Crippen LogP contribution in [0.15, 0.2) is 238 Å². The molecule has 0 aliphatic heterocycles. The Hall–Kier alpha value is -7.49. The van der Waals surface area contributed by atoms with Crippen LogP contribution in [-0.2, 0) is 0 Å². The van der Waals surface area contributed by atoms with E-state index < -0.39 is 0 Å². The maximum absolute atomic E-state index is 8.51. The second-order valence-electron chi connectivity index (χ2n) is 14.3. The van der Waals surface area contributed by atoms with Gasteiger partial charge in [0.15, 0.2) is 0 Å². The first-order chi connectivity index (χ1) is 29.3. The predicted octanol–water partition coefficient (Wildman–Crippen LogP) is 15.2. The smallest absolute Gasteiger partial charge is 0.0684 e. The molecule has 0 radical (unpaired) electrons. The lowest BCUT2D eigenvalue weighted by atomic mass is 9.96. The number of nitrogens with two attached hydrogens (primary N) is 1. The van der Waals surface area contributed by atoms with Crippen molar-refractivity contribution in [3.63, 3.8) is 0 Å². The van der Waals surface area contributed by atoms with Crippen LogP contribution in [0.5, 0.6) is 0 Å². The van der Waals surface area contributed by atoms with Crippen molar-refractivity contribution in [2.24, 2.45) is 0 Å². The molecule has 0 unspecified atom stereocenters. The average molecular weight is 782 g/mol. The van der Waals surface area contributed by atoms with Gasteiger partial charge in [0.2, 0.25) is 0 Å². The van der Waals surface area contributed by atoms with E-state index in [0.29, 0.717) is 11.6 Å². The van der Waals surface area contributed by atoms with Gasteiger partial charge in [-0.15, -0.1) is 0 Å². The van der Waals surface area contributed by atoms with E-state index in [9.17, 15) is 0 Å². The van der Waals surface area contributed by atoms with Crippen LogP contribution in [0.2, 0.25) is 0 Å². The molecule has 0 heterocycles. The quantitative estimate of drug-likeness (QED) is 0.0776. The molecule has 0 aliphatic rings. The lowest BCUT2D eigenvalue weighted by Gasteiger charge is -2.11. The van der Waals surface area contributed by atoms with Gasteiger partial charge in [-0.3, -0.25) is 5.41 Å². The predicted molar refractivity (Wildman–Crippen MR) is 262 cm³/mol. The molecule has 298 valence electrons. The largest absolute Gasteiger partial charge is 0.399 e. The first kappa shape index (κ1) is 43.6. The van der Waals surface area contributed by atoms with E-state index in [1.807, 2.05) is 85.9 Å². The fourth-order valence-corrected chi connectivity index (χ4v) is 6.44. The molecule has 8 rings (SSSR count). The molecule has 0 aliphatic carbocycles. The summed E-state index contributed by atoms with van der Waals surface area (Å²) in [6.07, 6.45) is 3.28. The number of anilines is 2. The zero-order valence-corrected chi connectivity index (χ0v) is 34.9. The van der Waals surface area contributed by atoms with Crippen LogP contribution in [0, 0.1) is 5.41 Å². The van der Waals surface area contributed by atoms with Crippen molar-refractivity contribution >= 4 is 17.1 Å². The third kappa shape index (κ3) is 12.8. The number of rotatable bonds is 9. The van der Waals surface area contributed by atoms with Crippen molar-refractivity contribution in [1.29, 1.82) is 5.41 Å². The Morgan fingerprint density at radius 1 is 0.467 bits per heavy atom. The summed E-state index contributed by atoms with van der Waals surface area (Å²) < 4.78 is 0. The standard InChI is InChI=1S/C26H22N2.C21H20.C6H7N.C4H6/c1-28-25-13-6-5-12-24(25)20-16-14-19(15-17-20)22-10-7-11-23(18-22)26(27)21-8-3-2-4-9-21;1-16(2)20-9-6-10-21(15-20)19-13-11-18(12-14-19)17-7-4-3-5-8-17;7-6-4-2-1-3-5-6;1-3-4-2/h2-18,27-28H,1H3;3-16H,1-2H3;1-5H,7H2;3-4H,1-2H2. The maximum Gasteiger partial charge on any atom is 0.0684 e. The summed E-state index contributed by atoms with van der Waals surface area (Å²) in [7, 11) is 1.94. The number of hydrogen-bond donors (Lipinski definition) is 3. The minimum absolute atomic E-state index is 0.544. The van der Waals surface area contributed by atoms with Crippen molar-refractivity contribution in [3.05, 3.63) is 254 Å². The number of para-hydroxylation sites is 2. The van der Waals surface area contributed by atoms with Gasteiger partial charge >= 0.3 is 0 Å². The molecule has 8 aromatic rings. The molecular formula is C57H55N3. The topological polar surface area (TPSA) is 61.9 Å². The Morgan fingerprint density at radius 2 is 0.883 bits per heavy atom. The lowest BCUT2D eigenvalue weighted by Crippen LogP contribution is -2.00. The van der Waals surface area contributed by atoms with E-state index in [4.69, 9.17) is 11.1 Å². The van der Waals surface area contributed by atoms with Gasteiger partial charge in [0.05, 0.1) is 5.71 Å². The summed E-state index contributed by atoms with van der Waals surface area (Å²) in [6.45, 7) is 11.2. The van der Waals surface area contributed by atoms with Gasteiger partial charge < -0.3 is 11.1 Å². The zero-order chi connectivity index (χ0) is 42.5. The molecule has 0 spiro atoms. The Kier molecular flexibility index (Phi) is 16.8. The first-order valence-corrected chi connectivity index (χ1v) is 20.2. The zero-order valence-electron chi connectivity index (χ0n) is 34.9. The van der Waals surface area contributed by atoms with Gasteiger partial charge in [-0.2, -0.15) is 0 Å². The van der Waals surface area contributed by atoms with Gasteiger partial charge in [0, 0.05) is 29.5 Å². The van der Waals surface area contributed by atoms with Crippen LogP contribution in [0.1, 0.15) is 36.5 Å². The minimum atomic E-state index is 0.544. The molecule has 0 saturated carbocycles. The molecule has 4 N–H and O–H groups in total. The normalized spacial score (nSPS) is 10.0. The summed E-state index contributed by atoms with van der Waals surface area (Å²) in [5, 5.41) is 11.8. The van der Waals surface area contributed by atoms with Crippen LogP contribution in [0.3, 0.4) is 0 Å². The third-order valence-electron chi connectivity index (χ3n) is 9.78. The van der Waals surface area contributed by atoms with E-state index >= 15 is 0 Å². The van der Waals surface area contributed by atoms with Crippen LogP contribution in [0.4, 0.5) is 11.4 Å². The SMILES string of the molecule is C=CC=C.CC(C)c1cccc(-c2ccc(-c3ccccc3)cc2)c1.CNc1ccccc1-c1ccc(-c2cccc(C(=N)c3ccccc3)c2)cc1.Nc1ccccc1. The lowest BCUT2D eigenvalue weighted by molar-refractivity contribution is 0.867. The summed E-state index contributed by atoms with van der Waals surface area (Å²) >= 11 is 0. The van der Waals surface area contributed by atoms with Crippen LogP contribution in [-0.4, -0.2) is 12.8 Å². The molecule has 0 bridgehead atoms. The van der Waals surface area contributed by atoms with Gasteiger partial charge in [0.1, 0.15) is 0 Å². The van der Waals surface area contributed by atoms with Crippen molar-refractivity contribution in [2.45, 2.75) is 19.8 Å². The highest BCUT2D eigenvalue weighted by molar-refractivity contribution is 6.11. The molecule has 3 heteroatoms. The minimum Gasteiger partial charge on any atom is -0.399 e. The van der Waals surface area contributed by atoms with Crippen LogP contribution in [0.25, 0.3) is 44.5 Å². The first-order valence-electron chi connectivity index (χ1n) is 20.2. The molecule has 0 aromatic heterocycles. The van der Waals surface area contributed by atoms with E-state index in [1.165, 1.54) is 38.9 Å². The van der Waals surface area contributed by atoms with E-state index in [0.717, 1.165) is 33.6 Å². The summed E-state index contributed by atoms with van der Waals surface area (Å²) in [5.41, 5.74) is 20.8. The molecule has 0 atom stereocenters. The van der Waals surface area contributed by atoms with E-state index in [-0.39, 0.29) is 0 Å². The fraction of sp³-hybridized carbons (Fsp3) is 0.0702. The van der Waals surface area contributed by atoms with Crippen molar-refractivity contribution in [3.8, 4) is 44.5 Å². The molecule has 0 fully saturated rings. The number of benzene rings is 8. The van der Waals surface area contributed by atoms with Gasteiger partial charge in [0.25, 0.3) is 0 Å². The molecule has 0 amide bonds. The van der Waals surface area contributed by atoms with Gasteiger partial charge in [-0.25, -0.2) is 0 Å². The van der Waals surface area contributed by atoms with Crippen molar-refractivity contribution < 1.29 is 0 Å². The molecule has 60 heavy (non-hydrogen) atoms. The summed E-state index contributed by atoms with van der Waals surface area (Å²) in [6, 6.07) is 72.6. The summed E-state index contributed by atoms with van der Waals surface area (Å²) in [5.74, 6) is 0.563. The van der Waals surface area contributed by atoms with Gasteiger partial charge in [-0.05, 0) is 80.3 Å². The highest BCUT2D eigenvalue weighted by atomic mass is 14.8. The maximum atomic E-state index is 8.51. The number of hydrogen-bond acceptors (Lipinski definition) is 3. The monoisotopic (exact) mass is 781 g/mol. The highest BCUT2D eigenvalue weighted by Crippen LogP contribution is 2.31. The number of nitrogen functional groups attached to an aromatic ring is 1. The Balaban J connectivity index is 0.000000186. The molecule has 0 saturated heterocycles. The molecule has 8 aromatic carbocycles. The van der Waals surface area contributed by atoms with Gasteiger partial charge in [-0.1, -0.05) is 227 Å². The van der Waals surface area contributed by atoms with E-state index in [1.54, 1.807) is 12.2 Å². The second kappa shape index (κ2) is 23.0. The van der Waals surface area contributed by atoms with E-state index in [2.05, 4.69) is 166 Å². The Labute approximate surface area is 357 Å². The highest BCUT2D eigenvalue weighted by Gasteiger charge is 2.08. The number of nitrogens with one attached hydrogen (secondary N) is 2. The average Bonchev–Trinajstić information content (AvgIpc) is 3.33.